The third kappa shape index (κ3) is 4.32. The minimum Gasteiger partial charge on any atom is -0.444 e. The quantitative estimate of drug-likeness (QED) is 0.771. The second kappa shape index (κ2) is 6.06. The van der Waals surface area contributed by atoms with Crippen molar-refractivity contribution in [2.45, 2.75) is 64.5 Å². The highest BCUT2D eigenvalue weighted by atomic mass is 16.4. The fourth-order valence-corrected chi connectivity index (χ4v) is 2.16. The first-order chi connectivity index (χ1) is 9.00. The molecule has 0 atom stereocenters. The van der Waals surface area contributed by atoms with Crippen molar-refractivity contribution in [1.82, 2.24) is 9.88 Å². The van der Waals surface area contributed by atoms with Gasteiger partial charge in [-0.05, 0) is 32.2 Å². The molecule has 0 radical (unpaired) electrons. The number of aromatic nitrogens is 1. The first-order valence-corrected chi connectivity index (χ1v) is 7.31. The summed E-state index contributed by atoms with van der Waals surface area (Å²) in [4.78, 5) is 6.84. The van der Waals surface area contributed by atoms with Crippen LogP contribution in [0.4, 0.5) is 0 Å². The number of oxazole rings is 1. The van der Waals surface area contributed by atoms with Gasteiger partial charge in [-0.1, -0.05) is 20.8 Å². The standard InChI is InChI=1S/C15H26N2O2/c1-15(2,3)13-10-16-14(19-13)11-17(12-6-7-12)8-4-5-9-18/h10,12,18H,4-9,11H2,1-3H3. The summed E-state index contributed by atoms with van der Waals surface area (Å²) < 4.78 is 5.86. The Balaban J connectivity index is 1.91. The molecule has 1 N–H and O–H groups in total. The maximum Gasteiger partial charge on any atom is 0.208 e. The molecule has 1 heterocycles. The molecule has 1 aliphatic carbocycles. The zero-order chi connectivity index (χ0) is 13.9. The highest BCUT2D eigenvalue weighted by Crippen LogP contribution is 2.29. The van der Waals surface area contributed by atoms with Gasteiger partial charge in [0.05, 0.1) is 12.7 Å². The minimum atomic E-state index is 0.0204. The summed E-state index contributed by atoms with van der Waals surface area (Å²) in [6.45, 7) is 8.52. The van der Waals surface area contributed by atoms with Crippen molar-refractivity contribution in [2.24, 2.45) is 0 Å². The van der Waals surface area contributed by atoms with E-state index in [-0.39, 0.29) is 12.0 Å². The van der Waals surface area contributed by atoms with Gasteiger partial charge in [0.25, 0.3) is 0 Å². The Kier molecular flexibility index (Phi) is 4.63. The average molecular weight is 266 g/mol. The van der Waals surface area contributed by atoms with E-state index in [0.29, 0.717) is 6.04 Å². The molecule has 0 aliphatic heterocycles. The molecule has 1 aromatic rings. The molecule has 1 aliphatic rings. The van der Waals surface area contributed by atoms with Gasteiger partial charge in [-0.15, -0.1) is 0 Å². The van der Waals surface area contributed by atoms with Gasteiger partial charge in [-0.2, -0.15) is 0 Å². The van der Waals surface area contributed by atoms with E-state index >= 15 is 0 Å². The van der Waals surface area contributed by atoms with Crippen molar-refractivity contribution in [3.63, 3.8) is 0 Å². The van der Waals surface area contributed by atoms with Crippen LogP contribution in [0.25, 0.3) is 0 Å². The van der Waals surface area contributed by atoms with Gasteiger partial charge in [0.2, 0.25) is 5.89 Å². The Morgan fingerprint density at radius 3 is 2.63 bits per heavy atom. The summed E-state index contributed by atoms with van der Waals surface area (Å²) >= 11 is 0. The molecule has 0 aromatic carbocycles. The van der Waals surface area contributed by atoms with Gasteiger partial charge >= 0.3 is 0 Å². The SMILES string of the molecule is CC(C)(C)c1cnc(CN(CCCCO)C2CC2)o1. The smallest absolute Gasteiger partial charge is 0.208 e. The van der Waals surface area contributed by atoms with E-state index < -0.39 is 0 Å². The second-order valence-electron chi connectivity index (χ2n) is 6.50. The first kappa shape index (κ1) is 14.5. The Labute approximate surface area is 115 Å². The van der Waals surface area contributed by atoms with Gasteiger partial charge in [0.1, 0.15) is 5.76 Å². The number of aliphatic hydroxyl groups is 1. The fourth-order valence-electron chi connectivity index (χ4n) is 2.16. The predicted molar refractivity (Wildman–Crippen MR) is 75.0 cm³/mol. The van der Waals surface area contributed by atoms with Crippen molar-refractivity contribution >= 4 is 0 Å². The lowest BCUT2D eigenvalue weighted by molar-refractivity contribution is 0.208. The maximum atomic E-state index is 8.87. The molecule has 1 fully saturated rings. The maximum absolute atomic E-state index is 8.87. The number of hydrogen-bond acceptors (Lipinski definition) is 4. The number of nitrogens with zero attached hydrogens (tertiary/aromatic N) is 2. The summed E-state index contributed by atoms with van der Waals surface area (Å²) in [5.41, 5.74) is 0.0204. The van der Waals surface area contributed by atoms with Crippen LogP contribution >= 0.6 is 0 Å². The molecular formula is C15H26N2O2. The van der Waals surface area contributed by atoms with Gasteiger partial charge in [0.15, 0.2) is 0 Å². The van der Waals surface area contributed by atoms with Crippen LogP contribution in [-0.2, 0) is 12.0 Å². The van der Waals surface area contributed by atoms with E-state index in [1.165, 1.54) is 12.8 Å². The molecule has 0 unspecified atom stereocenters. The summed E-state index contributed by atoms with van der Waals surface area (Å²) in [5.74, 6) is 1.77. The fraction of sp³-hybridized carbons (Fsp3) is 0.800. The third-order valence-corrected chi connectivity index (χ3v) is 3.55. The summed E-state index contributed by atoms with van der Waals surface area (Å²) in [6, 6.07) is 0.698. The third-order valence-electron chi connectivity index (χ3n) is 3.55. The van der Waals surface area contributed by atoms with Crippen LogP contribution in [0.5, 0.6) is 0 Å². The highest BCUT2D eigenvalue weighted by Gasteiger charge is 2.30. The van der Waals surface area contributed by atoms with E-state index in [1.807, 2.05) is 6.20 Å². The Bertz CT molecular complexity index is 391. The van der Waals surface area contributed by atoms with E-state index in [4.69, 9.17) is 9.52 Å². The molecular weight excluding hydrogens is 240 g/mol. The normalized spacial score (nSPS) is 16.3. The Hall–Kier alpha value is -0.870. The van der Waals surface area contributed by atoms with E-state index in [9.17, 15) is 0 Å². The largest absolute Gasteiger partial charge is 0.444 e. The number of rotatable bonds is 7. The van der Waals surface area contributed by atoms with Crippen LogP contribution in [0.2, 0.25) is 0 Å². The zero-order valence-electron chi connectivity index (χ0n) is 12.4. The molecule has 0 saturated heterocycles. The summed E-state index contributed by atoms with van der Waals surface area (Å²) in [7, 11) is 0. The minimum absolute atomic E-state index is 0.0204. The van der Waals surface area contributed by atoms with Crippen molar-refractivity contribution in [2.75, 3.05) is 13.2 Å². The Morgan fingerprint density at radius 1 is 1.37 bits per heavy atom. The number of aliphatic hydroxyl groups excluding tert-OH is 1. The molecule has 19 heavy (non-hydrogen) atoms. The second-order valence-corrected chi connectivity index (χ2v) is 6.50. The topological polar surface area (TPSA) is 49.5 Å². The van der Waals surface area contributed by atoms with Crippen molar-refractivity contribution in [3.05, 3.63) is 17.8 Å². The van der Waals surface area contributed by atoms with Crippen molar-refractivity contribution < 1.29 is 9.52 Å². The van der Waals surface area contributed by atoms with Gasteiger partial charge in [-0.25, -0.2) is 4.98 Å². The Morgan fingerprint density at radius 2 is 2.11 bits per heavy atom. The first-order valence-electron chi connectivity index (χ1n) is 7.31. The van der Waals surface area contributed by atoms with Crippen LogP contribution in [0, 0.1) is 0 Å². The average Bonchev–Trinajstić information content (AvgIpc) is 3.06. The predicted octanol–water partition coefficient (Wildman–Crippen LogP) is 2.71. The van der Waals surface area contributed by atoms with Crippen LogP contribution in [-0.4, -0.2) is 34.2 Å². The lowest BCUT2D eigenvalue weighted by atomic mass is 9.94. The number of unbranched alkanes of at least 4 members (excludes halogenated alkanes) is 1. The lowest BCUT2D eigenvalue weighted by Gasteiger charge is -2.20. The zero-order valence-corrected chi connectivity index (χ0v) is 12.4. The van der Waals surface area contributed by atoms with E-state index in [1.54, 1.807) is 0 Å². The molecule has 108 valence electrons. The van der Waals surface area contributed by atoms with Crippen LogP contribution in [0.15, 0.2) is 10.6 Å². The van der Waals surface area contributed by atoms with Crippen LogP contribution in [0.3, 0.4) is 0 Å². The van der Waals surface area contributed by atoms with Gasteiger partial charge in [0, 0.05) is 18.1 Å². The summed E-state index contributed by atoms with van der Waals surface area (Å²) in [6.07, 6.45) is 6.34. The summed E-state index contributed by atoms with van der Waals surface area (Å²) in [5, 5.41) is 8.87. The van der Waals surface area contributed by atoms with Crippen LogP contribution < -0.4 is 0 Å². The lowest BCUT2D eigenvalue weighted by Crippen LogP contribution is -2.27. The monoisotopic (exact) mass is 266 g/mol. The molecule has 1 aromatic heterocycles. The van der Waals surface area contributed by atoms with Gasteiger partial charge < -0.3 is 9.52 Å². The van der Waals surface area contributed by atoms with Crippen molar-refractivity contribution in [1.29, 1.82) is 0 Å². The van der Waals surface area contributed by atoms with E-state index in [2.05, 4.69) is 30.7 Å². The number of hydrogen-bond donors (Lipinski definition) is 1. The molecule has 0 bridgehead atoms. The molecule has 2 rings (SSSR count). The molecule has 0 spiro atoms. The van der Waals surface area contributed by atoms with Gasteiger partial charge in [-0.3, -0.25) is 4.90 Å². The highest BCUT2D eigenvalue weighted by molar-refractivity contribution is 5.06. The molecule has 1 saturated carbocycles. The molecule has 4 heteroatoms. The van der Waals surface area contributed by atoms with E-state index in [0.717, 1.165) is 37.6 Å². The van der Waals surface area contributed by atoms with Crippen molar-refractivity contribution in [3.8, 4) is 0 Å². The van der Waals surface area contributed by atoms with Crippen LogP contribution in [0.1, 0.15) is 58.1 Å². The molecule has 4 nitrogen and oxygen atoms in total. The molecule has 0 amide bonds.